The monoisotopic (exact) mass is 422 g/mol. The zero-order valence-corrected chi connectivity index (χ0v) is 17.3. The van der Waals surface area contributed by atoms with E-state index in [4.69, 9.17) is 11.6 Å². The third-order valence-electron chi connectivity index (χ3n) is 5.47. The van der Waals surface area contributed by atoms with Crippen molar-refractivity contribution in [1.29, 1.82) is 0 Å². The van der Waals surface area contributed by atoms with E-state index in [2.05, 4.69) is 86.7 Å². The lowest BCUT2D eigenvalue weighted by molar-refractivity contribution is 1.23. The first-order valence-electron chi connectivity index (χ1n) is 10.1. The minimum Gasteiger partial charge on any atom is -0.355 e. The topological polar surface area (TPSA) is 63.2 Å². The first kappa shape index (κ1) is 17.9. The number of H-pyrrole nitrogens is 4. The van der Waals surface area contributed by atoms with E-state index >= 15 is 0 Å². The van der Waals surface area contributed by atoms with Crippen molar-refractivity contribution in [3.63, 3.8) is 0 Å². The van der Waals surface area contributed by atoms with E-state index < -0.39 is 0 Å². The summed E-state index contributed by atoms with van der Waals surface area (Å²) in [6, 6.07) is 22.6. The van der Waals surface area contributed by atoms with Gasteiger partial charge in [0.25, 0.3) is 0 Å². The number of halogens is 1. The van der Waals surface area contributed by atoms with Crippen molar-refractivity contribution < 1.29 is 0 Å². The Morgan fingerprint density at radius 1 is 0.484 bits per heavy atom. The summed E-state index contributed by atoms with van der Waals surface area (Å²) in [5.74, 6) is 0. The standard InChI is InChI=1S/C26H19ClN4/c27-26-24-15-22-11-9-20(30-22)13-18-7-6-17(28-18)12-19-8-10-21(29-19)14-23(31-24)25(26)16-4-2-1-3-5-16/h1-15,28-31H. The van der Waals surface area contributed by atoms with E-state index in [1.54, 1.807) is 0 Å². The Labute approximate surface area is 182 Å². The highest BCUT2D eigenvalue weighted by Crippen LogP contribution is 2.22. The molecule has 5 heterocycles. The third kappa shape index (κ3) is 3.37. The van der Waals surface area contributed by atoms with Crippen molar-refractivity contribution in [2.24, 2.45) is 0 Å². The van der Waals surface area contributed by atoms with Crippen LogP contribution in [-0.2, 0) is 0 Å². The quantitative estimate of drug-likeness (QED) is 0.315. The molecule has 0 radical (unpaired) electrons. The Kier molecular flexibility index (Phi) is 4.11. The van der Waals surface area contributed by atoms with E-state index in [9.17, 15) is 0 Å². The lowest BCUT2D eigenvalue weighted by Gasteiger charge is -1.99. The van der Waals surface area contributed by atoms with Crippen LogP contribution in [0.25, 0.3) is 35.4 Å². The summed E-state index contributed by atoms with van der Waals surface area (Å²) in [5, 5.41) is 4.61. The fourth-order valence-corrected chi connectivity index (χ4v) is 4.36. The highest BCUT2D eigenvalue weighted by Gasteiger charge is 2.11. The molecule has 1 aliphatic rings. The molecule has 31 heavy (non-hydrogen) atoms. The molecule has 0 saturated heterocycles. The molecule has 0 unspecified atom stereocenters. The average molecular weight is 423 g/mol. The van der Waals surface area contributed by atoms with Gasteiger partial charge in [0, 0.05) is 39.0 Å². The van der Waals surface area contributed by atoms with Gasteiger partial charge in [0.1, 0.15) is 0 Å². The average Bonchev–Trinajstić information content (AvgIpc) is 3.55. The van der Waals surface area contributed by atoms with Crippen molar-refractivity contribution >= 4 is 35.9 Å². The molecule has 6 rings (SSSR count). The molecule has 4 aromatic heterocycles. The maximum absolute atomic E-state index is 6.89. The summed E-state index contributed by atoms with van der Waals surface area (Å²) >= 11 is 6.89. The van der Waals surface area contributed by atoms with Crippen LogP contribution < -0.4 is 21.4 Å². The number of benzene rings is 1. The second kappa shape index (κ2) is 7.11. The smallest absolute Gasteiger partial charge is 0.0740 e. The number of rotatable bonds is 1. The van der Waals surface area contributed by atoms with Gasteiger partial charge in [0.15, 0.2) is 0 Å². The zero-order valence-electron chi connectivity index (χ0n) is 16.5. The first-order valence-corrected chi connectivity index (χ1v) is 10.5. The Morgan fingerprint density at radius 2 is 1.03 bits per heavy atom. The van der Waals surface area contributed by atoms with E-state index in [1.165, 1.54) is 0 Å². The van der Waals surface area contributed by atoms with Crippen LogP contribution in [0.5, 0.6) is 0 Å². The van der Waals surface area contributed by atoms with Gasteiger partial charge in [-0.3, -0.25) is 0 Å². The van der Waals surface area contributed by atoms with Crippen LogP contribution in [0.15, 0.2) is 66.7 Å². The van der Waals surface area contributed by atoms with Crippen molar-refractivity contribution in [2.75, 3.05) is 0 Å². The Balaban J connectivity index is 1.67. The molecular weight excluding hydrogens is 404 g/mol. The summed E-state index contributed by atoms with van der Waals surface area (Å²) in [6.07, 6.45) is 8.33. The maximum atomic E-state index is 6.89. The molecule has 5 aromatic rings. The fraction of sp³-hybridized carbons (Fsp3) is 0. The predicted molar refractivity (Wildman–Crippen MR) is 126 cm³/mol. The normalized spacial score (nSPS) is 12.4. The number of nitrogens with one attached hydrogen (secondary N) is 4. The molecule has 0 atom stereocenters. The molecule has 1 aromatic carbocycles. The fourth-order valence-electron chi connectivity index (χ4n) is 4.05. The second-order valence-electron chi connectivity index (χ2n) is 7.69. The van der Waals surface area contributed by atoms with Crippen LogP contribution in [0.3, 0.4) is 0 Å². The van der Waals surface area contributed by atoms with Crippen molar-refractivity contribution in [1.82, 2.24) is 19.9 Å². The maximum Gasteiger partial charge on any atom is 0.0740 e. The predicted octanol–water partition coefficient (Wildman–Crippen LogP) is 2.95. The summed E-state index contributed by atoms with van der Waals surface area (Å²) in [7, 11) is 0. The number of fused-ring (bicyclic) bond motifs is 8. The molecule has 0 saturated carbocycles. The largest absolute Gasteiger partial charge is 0.355 e. The second-order valence-corrected chi connectivity index (χ2v) is 8.07. The van der Waals surface area contributed by atoms with Gasteiger partial charge in [0.05, 0.1) is 15.7 Å². The molecule has 0 fully saturated rings. The van der Waals surface area contributed by atoms with Gasteiger partial charge in [-0.05, 0) is 66.3 Å². The van der Waals surface area contributed by atoms with Gasteiger partial charge >= 0.3 is 0 Å². The highest BCUT2D eigenvalue weighted by atomic mass is 35.5. The van der Waals surface area contributed by atoms with Crippen molar-refractivity contribution in [3.05, 3.63) is 116 Å². The van der Waals surface area contributed by atoms with Crippen LogP contribution in [-0.4, -0.2) is 19.9 Å². The first-order chi connectivity index (χ1) is 15.2. The van der Waals surface area contributed by atoms with Crippen LogP contribution >= 0.6 is 11.6 Å². The van der Waals surface area contributed by atoms with Crippen molar-refractivity contribution in [2.45, 2.75) is 0 Å². The lowest BCUT2D eigenvalue weighted by atomic mass is 10.1. The summed E-state index contributed by atoms with van der Waals surface area (Å²) < 4.78 is 0. The minimum atomic E-state index is 0.703. The molecule has 0 spiro atoms. The Hall–Kier alpha value is -3.89. The summed E-state index contributed by atoms with van der Waals surface area (Å²) in [5.41, 5.74) is 6.09. The molecule has 0 amide bonds. The summed E-state index contributed by atoms with van der Waals surface area (Å²) in [6.45, 7) is 0. The zero-order chi connectivity index (χ0) is 20.8. The number of aromatic amines is 4. The van der Waals surface area contributed by atoms with Gasteiger partial charge in [-0.25, -0.2) is 0 Å². The summed E-state index contributed by atoms with van der Waals surface area (Å²) in [4.78, 5) is 13.9. The number of hydrogen-bond acceptors (Lipinski definition) is 0. The van der Waals surface area contributed by atoms with Crippen LogP contribution in [0.1, 0.15) is 22.8 Å². The third-order valence-corrected chi connectivity index (χ3v) is 5.86. The van der Waals surface area contributed by atoms with Gasteiger partial charge in [-0.15, -0.1) is 0 Å². The molecule has 1 aliphatic heterocycles. The van der Waals surface area contributed by atoms with Gasteiger partial charge in [-0.2, -0.15) is 0 Å². The SMILES string of the molecule is Clc1c(-c2ccccc2)c2[nH]c1=Cc1ccc([nH]1)C=c1ccc([nH]1)=Cc1ccc([nH]1)C=2. The van der Waals surface area contributed by atoms with Crippen LogP contribution in [0.2, 0.25) is 5.02 Å². The van der Waals surface area contributed by atoms with Crippen LogP contribution in [0.4, 0.5) is 0 Å². The van der Waals surface area contributed by atoms with Gasteiger partial charge in [-0.1, -0.05) is 41.9 Å². The van der Waals surface area contributed by atoms with E-state index in [0.717, 1.165) is 55.3 Å². The molecule has 8 bridgehead atoms. The molecule has 5 heteroatoms. The van der Waals surface area contributed by atoms with Gasteiger partial charge < -0.3 is 19.9 Å². The number of hydrogen-bond donors (Lipinski definition) is 4. The molecule has 4 nitrogen and oxygen atoms in total. The van der Waals surface area contributed by atoms with E-state index in [-0.39, 0.29) is 0 Å². The highest BCUT2D eigenvalue weighted by molar-refractivity contribution is 6.33. The Morgan fingerprint density at radius 3 is 1.65 bits per heavy atom. The molecular formula is C26H19ClN4. The molecule has 0 aliphatic carbocycles. The lowest BCUT2D eigenvalue weighted by Crippen LogP contribution is -2.11. The van der Waals surface area contributed by atoms with E-state index in [0.29, 0.717) is 5.02 Å². The van der Waals surface area contributed by atoms with Gasteiger partial charge in [0.2, 0.25) is 0 Å². The van der Waals surface area contributed by atoms with E-state index in [1.807, 2.05) is 24.3 Å². The Bertz CT molecular complexity index is 1640. The minimum absolute atomic E-state index is 0.703. The van der Waals surface area contributed by atoms with Crippen molar-refractivity contribution in [3.8, 4) is 11.1 Å². The van der Waals surface area contributed by atoms with Crippen LogP contribution in [0, 0.1) is 0 Å². The number of aromatic nitrogens is 4. The molecule has 150 valence electrons. The molecule has 4 N–H and O–H groups in total.